The van der Waals surface area contributed by atoms with Crippen LogP contribution in [0.1, 0.15) is 49.0 Å². The minimum Gasteiger partial charge on any atom is -0.486 e. The molecule has 1 saturated heterocycles. The first-order valence-electron chi connectivity index (χ1n) is 11.7. The molecule has 2 fully saturated rings. The number of nitrogens with one attached hydrogen (secondary N) is 1. The van der Waals surface area contributed by atoms with Gasteiger partial charge in [-0.1, -0.05) is 18.2 Å². The van der Waals surface area contributed by atoms with Crippen LogP contribution in [-0.4, -0.2) is 40.5 Å². The van der Waals surface area contributed by atoms with E-state index in [0.717, 1.165) is 66.4 Å². The zero-order valence-corrected chi connectivity index (χ0v) is 18.3. The van der Waals surface area contributed by atoms with Crippen LogP contribution in [0.4, 0.5) is 4.39 Å². The van der Waals surface area contributed by atoms with Gasteiger partial charge < -0.3 is 19.4 Å². The summed E-state index contributed by atoms with van der Waals surface area (Å²) in [5.41, 5.74) is 2.66. The van der Waals surface area contributed by atoms with Gasteiger partial charge >= 0.3 is 0 Å². The molecule has 2 aliphatic heterocycles. The molecule has 1 N–H and O–H groups in total. The molecule has 0 radical (unpaired) electrons. The Bertz CT molecular complexity index is 1190. The molecule has 1 aromatic heterocycles. The molecule has 0 bridgehead atoms. The number of aromatic amines is 1. The molecular formula is C26H26FN3O3. The Morgan fingerprint density at radius 3 is 2.85 bits per heavy atom. The predicted octanol–water partition coefficient (Wildman–Crippen LogP) is 4.84. The maximum atomic E-state index is 13.6. The van der Waals surface area contributed by atoms with Crippen molar-refractivity contribution in [1.82, 2.24) is 14.9 Å². The number of carbonyl (C=O) groups excluding carboxylic acids is 1. The van der Waals surface area contributed by atoms with Crippen LogP contribution in [0, 0.1) is 11.7 Å². The quantitative estimate of drug-likeness (QED) is 0.621. The number of aromatic nitrogens is 2. The SMILES string of the molecule is O=C(C1CC1c1ccc2c(c1)OCCO2)N1CCCCC1c1ncc(-c2cccc(F)c2)[nH]1. The number of ether oxygens (including phenoxy) is 2. The van der Waals surface area contributed by atoms with Crippen molar-refractivity contribution >= 4 is 5.91 Å². The van der Waals surface area contributed by atoms with E-state index in [1.54, 1.807) is 12.3 Å². The van der Waals surface area contributed by atoms with E-state index in [4.69, 9.17) is 9.47 Å². The Morgan fingerprint density at radius 2 is 1.97 bits per heavy atom. The van der Waals surface area contributed by atoms with Crippen molar-refractivity contribution in [2.45, 2.75) is 37.6 Å². The Balaban J connectivity index is 1.19. The van der Waals surface area contributed by atoms with Crippen LogP contribution >= 0.6 is 0 Å². The second-order valence-electron chi connectivity index (χ2n) is 9.09. The van der Waals surface area contributed by atoms with Crippen molar-refractivity contribution in [2.75, 3.05) is 19.8 Å². The van der Waals surface area contributed by atoms with Crippen molar-refractivity contribution in [3.63, 3.8) is 0 Å². The van der Waals surface area contributed by atoms with Gasteiger partial charge in [0.05, 0.1) is 17.9 Å². The fourth-order valence-corrected chi connectivity index (χ4v) is 5.13. The van der Waals surface area contributed by atoms with E-state index in [1.807, 2.05) is 23.1 Å². The number of H-pyrrole nitrogens is 1. The third kappa shape index (κ3) is 3.86. The molecule has 6 rings (SSSR count). The highest BCUT2D eigenvalue weighted by Gasteiger charge is 2.48. The van der Waals surface area contributed by atoms with E-state index in [-0.39, 0.29) is 29.6 Å². The molecule has 6 nitrogen and oxygen atoms in total. The molecule has 1 amide bonds. The zero-order valence-electron chi connectivity index (χ0n) is 18.3. The van der Waals surface area contributed by atoms with Crippen molar-refractivity contribution in [1.29, 1.82) is 0 Å². The second kappa shape index (κ2) is 8.21. The van der Waals surface area contributed by atoms with Gasteiger partial charge in [-0.05, 0) is 61.4 Å². The summed E-state index contributed by atoms with van der Waals surface area (Å²) in [6.45, 7) is 1.87. The maximum absolute atomic E-state index is 13.6. The smallest absolute Gasteiger partial charge is 0.226 e. The third-order valence-corrected chi connectivity index (χ3v) is 6.93. The molecule has 170 valence electrons. The average Bonchev–Trinajstić information content (AvgIpc) is 3.51. The van der Waals surface area contributed by atoms with Crippen molar-refractivity contribution in [3.05, 3.63) is 65.9 Å². The van der Waals surface area contributed by atoms with Crippen LogP contribution in [0.5, 0.6) is 11.5 Å². The third-order valence-electron chi connectivity index (χ3n) is 6.93. The van der Waals surface area contributed by atoms with Gasteiger partial charge in [0.15, 0.2) is 11.5 Å². The lowest BCUT2D eigenvalue weighted by molar-refractivity contribution is -0.136. The lowest BCUT2D eigenvalue weighted by Crippen LogP contribution is -2.40. The van der Waals surface area contributed by atoms with Gasteiger partial charge in [-0.3, -0.25) is 4.79 Å². The fourth-order valence-electron chi connectivity index (χ4n) is 5.13. The molecule has 2 aromatic carbocycles. The van der Waals surface area contributed by atoms with Crippen LogP contribution in [0.3, 0.4) is 0 Å². The highest BCUT2D eigenvalue weighted by molar-refractivity contribution is 5.83. The summed E-state index contributed by atoms with van der Waals surface area (Å²) in [6.07, 6.45) is 5.52. The highest BCUT2D eigenvalue weighted by Crippen LogP contribution is 2.51. The van der Waals surface area contributed by atoms with Crippen molar-refractivity contribution in [3.8, 4) is 22.8 Å². The normalized spacial score (nSPS) is 23.9. The summed E-state index contributed by atoms with van der Waals surface area (Å²) in [5, 5.41) is 0. The Morgan fingerprint density at radius 1 is 1.09 bits per heavy atom. The van der Waals surface area contributed by atoms with E-state index in [2.05, 4.69) is 16.0 Å². The maximum Gasteiger partial charge on any atom is 0.226 e. The molecule has 3 aliphatic rings. The van der Waals surface area contributed by atoms with E-state index in [0.29, 0.717) is 13.2 Å². The van der Waals surface area contributed by atoms with Gasteiger partial charge in [0.2, 0.25) is 5.91 Å². The summed E-state index contributed by atoms with van der Waals surface area (Å²) in [7, 11) is 0. The molecule has 7 heteroatoms. The van der Waals surface area contributed by atoms with E-state index < -0.39 is 0 Å². The molecule has 3 unspecified atom stereocenters. The number of piperidine rings is 1. The molecule has 3 heterocycles. The lowest BCUT2D eigenvalue weighted by Gasteiger charge is -2.35. The summed E-state index contributed by atoms with van der Waals surface area (Å²) in [5.74, 6) is 2.45. The van der Waals surface area contributed by atoms with Gasteiger partial charge in [0.1, 0.15) is 24.9 Å². The molecule has 3 atom stereocenters. The van der Waals surface area contributed by atoms with Gasteiger partial charge in [0.25, 0.3) is 0 Å². The van der Waals surface area contributed by atoms with Crippen LogP contribution in [0.2, 0.25) is 0 Å². The summed E-state index contributed by atoms with van der Waals surface area (Å²) >= 11 is 0. The molecule has 0 spiro atoms. The number of fused-ring (bicyclic) bond motifs is 1. The predicted molar refractivity (Wildman–Crippen MR) is 121 cm³/mol. The number of amides is 1. The molecule has 3 aromatic rings. The summed E-state index contributed by atoms with van der Waals surface area (Å²) in [6, 6.07) is 12.4. The van der Waals surface area contributed by atoms with Crippen LogP contribution in [-0.2, 0) is 4.79 Å². The number of halogens is 1. The number of rotatable bonds is 4. The topological polar surface area (TPSA) is 67.5 Å². The van der Waals surface area contributed by atoms with E-state index in [1.165, 1.54) is 12.1 Å². The Labute approximate surface area is 191 Å². The first kappa shape index (κ1) is 20.3. The number of hydrogen-bond acceptors (Lipinski definition) is 4. The van der Waals surface area contributed by atoms with Gasteiger partial charge in [-0.15, -0.1) is 0 Å². The average molecular weight is 448 g/mol. The van der Waals surface area contributed by atoms with Gasteiger partial charge in [-0.2, -0.15) is 0 Å². The summed E-state index contributed by atoms with van der Waals surface area (Å²) < 4.78 is 25.0. The molecule has 1 aliphatic carbocycles. The van der Waals surface area contributed by atoms with Crippen LogP contribution < -0.4 is 9.47 Å². The number of hydrogen-bond donors (Lipinski definition) is 1. The number of carbonyl (C=O) groups is 1. The minimum atomic E-state index is -0.281. The van der Waals surface area contributed by atoms with E-state index >= 15 is 0 Å². The van der Waals surface area contributed by atoms with Gasteiger partial charge in [0, 0.05) is 18.0 Å². The Kier molecular flexibility index (Phi) is 5.04. The van der Waals surface area contributed by atoms with Crippen molar-refractivity contribution < 1.29 is 18.7 Å². The number of benzene rings is 2. The second-order valence-corrected chi connectivity index (χ2v) is 9.09. The largest absolute Gasteiger partial charge is 0.486 e. The van der Waals surface area contributed by atoms with Crippen molar-refractivity contribution in [2.24, 2.45) is 5.92 Å². The first-order valence-corrected chi connectivity index (χ1v) is 11.7. The minimum absolute atomic E-state index is 0.00851. The zero-order chi connectivity index (χ0) is 22.4. The van der Waals surface area contributed by atoms with Crippen LogP contribution in [0.15, 0.2) is 48.7 Å². The van der Waals surface area contributed by atoms with Gasteiger partial charge in [-0.25, -0.2) is 9.37 Å². The molecule has 33 heavy (non-hydrogen) atoms. The standard InChI is InChI=1S/C26H26FN3O3/c27-18-5-3-4-17(12-18)21-15-28-25(29-21)22-6-1-2-9-30(22)26(31)20-14-19(20)16-7-8-23-24(13-16)33-11-10-32-23/h3-5,7-8,12-13,15,19-20,22H,1-2,6,9-11,14H2,(H,28,29). The summed E-state index contributed by atoms with van der Waals surface area (Å²) in [4.78, 5) is 23.4. The monoisotopic (exact) mass is 447 g/mol. The molecule has 1 saturated carbocycles. The number of likely N-dealkylation sites (tertiary alicyclic amines) is 1. The first-order chi connectivity index (χ1) is 16.2. The number of nitrogens with zero attached hydrogens (tertiary/aromatic N) is 2. The fraction of sp³-hybridized carbons (Fsp3) is 0.385. The van der Waals surface area contributed by atoms with E-state index in [9.17, 15) is 9.18 Å². The lowest BCUT2D eigenvalue weighted by atomic mass is 10.00. The molecular weight excluding hydrogens is 421 g/mol. The van der Waals surface area contributed by atoms with Crippen LogP contribution in [0.25, 0.3) is 11.3 Å². The Hall–Kier alpha value is -3.35. The highest BCUT2D eigenvalue weighted by atomic mass is 19.1. The number of imidazole rings is 1.